The summed E-state index contributed by atoms with van der Waals surface area (Å²) in [6.45, 7) is 2.02. The Kier molecular flexibility index (Phi) is 2.94. The number of aromatic amines is 1. The van der Waals surface area contributed by atoms with Crippen LogP contribution in [0.5, 0.6) is 0 Å². The number of hydrogen-bond donors (Lipinski definition) is 2. The van der Waals surface area contributed by atoms with E-state index in [0.717, 1.165) is 24.1 Å². The van der Waals surface area contributed by atoms with Gasteiger partial charge in [0.2, 0.25) is 5.95 Å². The fourth-order valence-electron chi connectivity index (χ4n) is 4.03. The fraction of sp³-hybridized carbons (Fsp3) is 0.412. The van der Waals surface area contributed by atoms with Crippen molar-refractivity contribution in [2.24, 2.45) is 7.05 Å². The van der Waals surface area contributed by atoms with E-state index >= 15 is 0 Å². The molecule has 2 N–H and O–H groups in total. The summed E-state index contributed by atoms with van der Waals surface area (Å²) in [5.74, 6) is -0.344. The van der Waals surface area contributed by atoms with Crippen LogP contribution >= 0.6 is 0 Å². The number of piperazine rings is 1. The highest BCUT2D eigenvalue weighted by Crippen LogP contribution is 2.33. The van der Waals surface area contributed by atoms with Gasteiger partial charge in [0.25, 0.3) is 0 Å². The minimum Gasteiger partial charge on any atom is -0.368 e. The highest BCUT2D eigenvalue weighted by atomic mass is 19.1. The second kappa shape index (κ2) is 5.04. The van der Waals surface area contributed by atoms with Gasteiger partial charge in [-0.3, -0.25) is 0 Å². The lowest BCUT2D eigenvalue weighted by atomic mass is 10.1. The van der Waals surface area contributed by atoms with E-state index in [1.165, 1.54) is 23.2 Å². The predicted molar refractivity (Wildman–Crippen MR) is 90.4 cm³/mol. The van der Waals surface area contributed by atoms with Crippen LogP contribution in [0.1, 0.15) is 12.8 Å². The van der Waals surface area contributed by atoms with Gasteiger partial charge in [-0.15, -0.1) is 0 Å². The molecule has 0 amide bonds. The van der Waals surface area contributed by atoms with Crippen LogP contribution in [0.25, 0.3) is 22.3 Å². The molecule has 2 aliphatic rings. The first-order valence-corrected chi connectivity index (χ1v) is 8.35. The number of nitrogens with zero attached hydrogens (tertiary/aromatic N) is 4. The number of anilines is 1. The molecular formula is C17H19FN6. The minimum atomic E-state index is -0.344. The number of nitrogens with one attached hydrogen (secondary N) is 2. The molecule has 3 aromatic rings. The highest BCUT2D eigenvalue weighted by Gasteiger charge is 2.32. The smallest absolute Gasteiger partial charge is 0.220 e. The number of hydrogen-bond acceptors (Lipinski definition) is 4. The first-order valence-electron chi connectivity index (χ1n) is 8.35. The Balaban J connectivity index is 1.59. The van der Waals surface area contributed by atoms with Gasteiger partial charge < -0.3 is 15.2 Å². The lowest BCUT2D eigenvalue weighted by Gasteiger charge is -2.34. The molecule has 5 rings (SSSR count). The van der Waals surface area contributed by atoms with Crippen molar-refractivity contribution < 1.29 is 4.39 Å². The third-order valence-electron chi connectivity index (χ3n) is 5.22. The fourth-order valence-corrected chi connectivity index (χ4v) is 4.03. The first kappa shape index (κ1) is 14.0. The summed E-state index contributed by atoms with van der Waals surface area (Å²) < 4.78 is 15.4. The van der Waals surface area contributed by atoms with Crippen molar-refractivity contribution in [2.75, 3.05) is 18.0 Å². The molecule has 124 valence electrons. The van der Waals surface area contributed by atoms with Gasteiger partial charge in [0.15, 0.2) is 0 Å². The number of halogens is 1. The maximum absolute atomic E-state index is 14.2. The summed E-state index contributed by atoms with van der Waals surface area (Å²) >= 11 is 0. The Hall–Kier alpha value is -2.41. The molecule has 0 aliphatic carbocycles. The van der Waals surface area contributed by atoms with Crippen LogP contribution in [0.3, 0.4) is 0 Å². The van der Waals surface area contributed by atoms with Crippen molar-refractivity contribution in [3.8, 4) is 11.3 Å². The van der Waals surface area contributed by atoms with Crippen LogP contribution in [0, 0.1) is 5.95 Å². The highest BCUT2D eigenvalue weighted by molar-refractivity contribution is 5.93. The van der Waals surface area contributed by atoms with Gasteiger partial charge in [0.05, 0.1) is 17.5 Å². The van der Waals surface area contributed by atoms with Gasteiger partial charge >= 0.3 is 0 Å². The molecule has 2 aliphatic heterocycles. The molecule has 2 atom stereocenters. The number of rotatable bonds is 2. The third kappa shape index (κ3) is 2.04. The van der Waals surface area contributed by atoms with Crippen LogP contribution in [-0.4, -0.2) is 44.9 Å². The zero-order chi connectivity index (χ0) is 16.3. The largest absolute Gasteiger partial charge is 0.368 e. The van der Waals surface area contributed by atoms with Crippen molar-refractivity contribution in [2.45, 2.75) is 24.9 Å². The Bertz CT molecular complexity index is 901. The van der Waals surface area contributed by atoms with Gasteiger partial charge in [0.1, 0.15) is 5.65 Å². The molecule has 0 saturated carbocycles. The van der Waals surface area contributed by atoms with Crippen molar-refractivity contribution >= 4 is 16.7 Å². The second-order valence-electron chi connectivity index (χ2n) is 6.79. The lowest BCUT2D eigenvalue weighted by molar-refractivity contribution is 0.466. The first-order chi connectivity index (χ1) is 11.7. The summed E-state index contributed by atoms with van der Waals surface area (Å²) in [4.78, 5) is 10.1. The van der Waals surface area contributed by atoms with Crippen LogP contribution in [0.15, 0.2) is 24.5 Å². The maximum Gasteiger partial charge on any atom is 0.220 e. The van der Waals surface area contributed by atoms with E-state index in [2.05, 4.69) is 31.3 Å². The molecule has 3 aromatic heterocycles. The van der Waals surface area contributed by atoms with Gasteiger partial charge in [-0.2, -0.15) is 9.49 Å². The zero-order valence-corrected chi connectivity index (χ0v) is 13.5. The summed E-state index contributed by atoms with van der Waals surface area (Å²) in [7, 11) is 1.60. The second-order valence-corrected chi connectivity index (χ2v) is 6.79. The molecular weight excluding hydrogens is 307 g/mol. The molecule has 6 nitrogen and oxygen atoms in total. The topological polar surface area (TPSA) is 61.8 Å². The lowest BCUT2D eigenvalue weighted by Crippen LogP contribution is -2.51. The summed E-state index contributed by atoms with van der Waals surface area (Å²) in [6.07, 6.45) is 5.86. The van der Waals surface area contributed by atoms with E-state index in [0.29, 0.717) is 23.3 Å². The van der Waals surface area contributed by atoms with E-state index in [1.807, 2.05) is 12.3 Å². The number of aryl methyl sites for hydroxylation is 1. The molecule has 7 heteroatoms. The van der Waals surface area contributed by atoms with Crippen molar-refractivity contribution in [3.05, 3.63) is 30.5 Å². The van der Waals surface area contributed by atoms with Crippen molar-refractivity contribution in [3.63, 3.8) is 0 Å². The van der Waals surface area contributed by atoms with E-state index in [-0.39, 0.29) is 5.95 Å². The molecule has 0 spiro atoms. The van der Waals surface area contributed by atoms with Gasteiger partial charge in [-0.05, 0) is 25.0 Å². The quantitative estimate of drug-likeness (QED) is 0.757. The monoisotopic (exact) mass is 326 g/mol. The van der Waals surface area contributed by atoms with Gasteiger partial charge in [-0.25, -0.2) is 9.67 Å². The zero-order valence-electron chi connectivity index (χ0n) is 13.5. The molecule has 0 radical (unpaired) electrons. The standard InChI is InChI=1S/C17H19FN6/c1-23-16(18)13(7-20-23)14-6-12-15(4-5-19-17(12)22-14)24-8-10-2-3-11(9-24)21-10/h4-7,10-11,21H,2-3,8-9H2,1H3,(H,19,22). The van der Waals surface area contributed by atoms with E-state index in [1.54, 1.807) is 13.2 Å². The number of aromatic nitrogens is 4. The molecule has 24 heavy (non-hydrogen) atoms. The summed E-state index contributed by atoms with van der Waals surface area (Å²) in [5, 5.41) is 8.68. The van der Waals surface area contributed by atoms with Crippen LogP contribution in [0.4, 0.5) is 10.1 Å². The molecule has 0 aromatic carbocycles. The molecule has 2 saturated heterocycles. The van der Waals surface area contributed by atoms with Crippen molar-refractivity contribution in [1.29, 1.82) is 0 Å². The van der Waals surface area contributed by atoms with Crippen LogP contribution in [-0.2, 0) is 7.05 Å². The van der Waals surface area contributed by atoms with Crippen molar-refractivity contribution in [1.82, 2.24) is 25.1 Å². The Morgan fingerprint density at radius 2 is 2.04 bits per heavy atom. The van der Waals surface area contributed by atoms with E-state index in [9.17, 15) is 4.39 Å². The Labute approximate surface area is 138 Å². The predicted octanol–water partition coefficient (Wildman–Crippen LogP) is 2.04. The van der Waals surface area contributed by atoms with Crippen LogP contribution < -0.4 is 10.2 Å². The van der Waals surface area contributed by atoms with Gasteiger partial charge in [0, 0.05) is 49.5 Å². The molecule has 5 heterocycles. The molecule has 2 bridgehead atoms. The third-order valence-corrected chi connectivity index (χ3v) is 5.22. The average molecular weight is 326 g/mol. The van der Waals surface area contributed by atoms with E-state index in [4.69, 9.17) is 0 Å². The number of fused-ring (bicyclic) bond motifs is 3. The number of pyridine rings is 1. The molecule has 2 unspecified atom stereocenters. The average Bonchev–Trinajstić information content (AvgIpc) is 3.25. The number of H-pyrrole nitrogens is 1. The Morgan fingerprint density at radius 1 is 1.25 bits per heavy atom. The normalized spacial score (nSPS) is 23.3. The summed E-state index contributed by atoms with van der Waals surface area (Å²) in [5.41, 5.74) is 3.15. The maximum atomic E-state index is 14.2. The summed E-state index contributed by atoms with van der Waals surface area (Å²) in [6, 6.07) is 5.19. The van der Waals surface area contributed by atoms with Crippen LogP contribution in [0.2, 0.25) is 0 Å². The minimum absolute atomic E-state index is 0.344. The molecule has 2 fully saturated rings. The van der Waals surface area contributed by atoms with Gasteiger partial charge in [-0.1, -0.05) is 0 Å². The Morgan fingerprint density at radius 3 is 2.75 bits per heavy atom. The van der Waals surface area contributed by atoms with E-state index < -0.39 is 0 Å². The SMILES string of the molecule is Cn1ncc(-c2cc3c(N4CC5CCC(C4)N5)ccnc3[nH]2)c1F.